The first kappa shape index (κ1) is 6.21. The number of rotatable bonds is 1. The Morgan fingerprint density at radius 1 is 1.50 bits per heavy atom. The number of hydrogen-bond donors (Lipinski definition) is 2. The summed E-state index contributed by atoms with van der Waals surface area (Å²) in [6, 6.07) is 0. The van der Waals surface area contributed by atoms with E-state index in [1.807, 2.05) is 0 Å². The second kappa shape index (κ2) is 2.61. The van der Waals surface area contributed by atoms with Gasteiger partial charge >= 0.3 is 0 Å². The first-order valence-electron chi connectivity index (χ1n) is 3.13. The smallest absolute Gasteiger partial charge is 0.133 e. The van der Waals surface area contributed by atoms with Crippen molar-refractivity contribution in [1.82, 2.24) is 20.2 Å². The van der Waals surface area contributed by atoms with Crippen molar-refractivity contribution in [2.24, 2.45) is 0 Å². The molecule has 2 heterocycles. The van der Waals surface area contributed by atoms with Crippen molar-refractivity contribution < 1.29 is 0 Å². The van der Waals surface area contributed by atoms with Gasteiger partial charge in [0, 0.05) is 13.1 Å². The van der Waals surface area contributed by atoms with E-state index in [9.17, 15) is 0 Å². The molecule has 1 aromatic heterocycles. The Bertz CT molecular complexity index is 191. The van der Waals surface area contributed by atoms with Gasteiger partial charge in [-0.25, -0.2) is 0 Å². The Morgan fingerprint density at radius 3 is 2.90 bits per heavy atom. The fourth-order valence-electron chi connectivity index (χ4n) is 0.962. The predicted octanol–water partition coefficient (Wildman–Crippen LogP) is -0.470. The lowest BCUT2D eigenvalue weighted by Crippen LogP contribution is -2.19. The summed E-state index contributed by atoms with van der Waals surface area (Å²) in [5, 5.41) is 10.1. The molecular weight excluding hydrogens is 148 g/mol. The number of nitrogens with zero attached hydrogens (tertiary/aromatic N) is 2. The highest BCUT2D eigenvalue weighted by Crippen LogP contribution is 2.12. The lowest BCUT2D eigenvalue weighted by molar-refractivity contribution is 0.597. The maximum Gasteiger partial charge on any atom is 0.133 e. The third kappa shape index (κ3) is 1.03. The zero-order valence-corrected chi connectivity index (χ0v) is 6.11. The zero-order valence-electron chi connectivity index (χ0n) is 5.29. The van der Waals surface area contributed by atoms with Gasteiger partial charge in [0.25, 0.3) is 0 Å². The van der Waals surface area contributed by atoms with Crippen molar-refractivity contribution >= 4 is 11.5 Å². The van der Waals surface area contributed by atoms with Gasteiger partial charge in [-0.3, -0.25) is 10.6 Å². The minimum Gasteiger partial charge on any atom is -0.296 e. The summed E-state index contributed by atoms with van der Waals surface area (Å²) >= 11 is 1.38. The molecule has 1 aliphatic heterocycles. The fourth-order valence-corrected chi connectivity index (χ4v) is 1.49. The molecule has 0 bridgehead atoms. The van der Waals surface area contributed by atoms with Crippen LogP contribution in [0.15, 0.2) is 0 Å². The maximum absolute atomic E-state index is 3.72. The van der Waals surface area contributed by atoms with Crippen LogP contribution in [0.3, 0.4) is 0 Å². The Morgan fingerprint density at radius 2 is 2.30 bits per heavy atom. The van der Waals surface area contributed by atoms with Crippen molar-refractivity contribution in [2.45, 2.75) is 6.17 Å². The van der Waals surface area contributed by atoms with Gasteiger partial charge < -0.3 is 0 Å². The third-order valence-electron chi connectivity index (χ3n) is 1.42. The van der Waals surface area contributed by atoms with Crippen molar-refractivity contribution in [3.05, 3.63) is 11.1 Å². The summed E-state index contributed by atoms with van der Waals surface area (Å²) in [5.74, 6) is 0. The minimum absolute atomic E-state index is 0.236. The van der Waals surface area contributed by atoms with Gasteiger partial charge in [-0.05, 0) is 11.5 Å². The van der Waals surface area contributed by atoms with Gasteiger partial charge in [-0.15, -0.1) is 5.10 Å². The molecule has 4 nitrogen and oxygen atoms in total. The molecule has 0 aromatic carbocycles. The number of nitrogens with one attached hydrogen (secondary N) is 2. The van der Waals surface area contributed by atoms with E-state index >= 15 is 0 Å². The Kier molecular flexibility index (Phi) is 1.62. The van der Waals surface area contributed by atoms with Crippen LogP contribution in [0.2, 0.25) is 0 Å². The first-order chi connectivity index (χ1) is 4.97. The summed E-state index contributed by atoms with van der Waals surface area (Å²) in [5.41, 5.74) is 0. The highest BCUT2D eigenvalue weighted by atomic mass is 32.1. The molecule has 1 aliphatic rings. The van der Waals surface area contributed by atoms with Crippen LogP contribution in [-0.2, 0) is 0 Å². The second-order valence-corrected chi connectivity index (χ2v) is 2.88. The average Bonchev–Trinajstić information content (AvgIpc) is 2.59. The molecule has 0 spiro atoms. The summed E-state index contributed by atoms with van der Waals surface area (Å²) in [4.78, 5) is 1.04. The molecule has 53 valence electrons. The number of hydrogen-bond acceptors (Lipinski definition) is 5. The van der Waals surface area contributed by atoms with Crippen LogP contribution in [0, 0.1) is 6.20 Å². The molecular formula is C5H7N4S. The van der Waals surface area contributed by atoms with E-state index in [2.05, 4.69) is 26.4 Å². The molecule has 0 atom stereocenters. The van der Waals surface area contributed by atoms with Gasteiger partial charge in [-0.1, -0.05) is 4.49 Å². The van der Waals surface area contributed by atoms with Gasteiger partial charge in [0.1, 0.15) is 6.20 Å². The highest BCUT2D eigenvalue weighted by Gasteiger charge is 2.16. The Hall–Kier alpha value is -0.520. The SMILES string of the molecule is [c]1nnsc1C1NCCN1. The molecule has 10 heavy (non-hydrogen) atoms. The molecule has 0 aliphatic carbocycles. The lowest BCUT2D eigenvalue weighted by atomic mass is 10.4. The van der Waals surface area contributed by atoms with Gasteiger partial charge in [0.2, 0.25) is 0 Å². The van der Waals surface area contributed by atoms with Crippen LogP contribution in [-0.4, -0.2) is 22.7 Å². The van der Waals surface area contributed by atoms with Crippen molar-refractivity contribution in [1.29, 1.82) is 0 Å². The molecule has 0 saturated carbocycles. The van der Waals surface area contributed by atoms with Gasteiger partial charge in [0.05, 0.1) is 11.0 Å². The van der Waals surface area contributed by atoms with Gasteiger partial charge in [-0.2, -0.15) is 0 Å². The lowest BCUT2D eigenvalue weighted by Gasteiger charge is -2.03. The Balaban J connectivity index is 2.12. The Labute approximate surface area is 62.8 Å². The molecule has 0 unspecified atom stereocenters. The summed E-state index contributed by atoms with van der Waals surface area (Å²) in [6.07, 6.45) is 3.05. The van der Waals surface area contributed by atoms with E-state index in [-0.39, 0.29) is 6.17 Å². The summed E-state index contributed by atoms with van der Waals surface area (Å²) in [6.45, 7) is 2.02. The molecule has 1 radical (unpaired) electrons. The normalized spacial score (nSPS) is 20.0. The van der Waals surface area contributed by atoms with E-state index in [0.29, 0.717) is 0 Å². The molecule has 1 aromatic rings. The maximum atomic E-state index is 3.72. The molecule has 5 heteroatoms. The highest BCUT2D eigenvalue weighted by molar-refractivity contribution is 7.05. The molecule has 2 N–H and O–H groups in total. The van der Waals surface area contributed by atoms with E-state index < -0.39 is 0 Å². The molecule has 2 rings (SSSR count). The van der Waals surface area contributed by atoms with Crippen LogP contribution < -0.4 is 10.6 Å². The zero-order chi connectivity index (χ0) is 6.81. The van der Waals surface area contributed by atoms with Crippen LogP contribution in [0.4, 0.5) is 0 Å². The topological polar surface area (TPSA) is 49.8 Å². The largest absolute Gasteiger partial charge is 0.296 e. The standard InChI is InChI=1S/C5H7N4S/c1-2-7-5(6-1)4-3-8-9-10-4/h5-7H,1-2H2. The summed E-state index contributed by atoms with van der Waals surface area (Å²) < 4.78 is 3.72. The molecule has 1 fully saturated rings. The van der Waals surface area contributed by atoms with Crippen LogP contribution >= 0.6 is 11.5 Å². The van der Waals surface area contributed by atoms with Crippen LogP contribution in [0.5, 0.6) is 0 Å². The fraction of sp³-hybridized carbons (Fsp3) is 0.600. The van der Waals surface area contributed by atoms with Crippen molar-refractivity contribution in [3.8, 4) is 0 Å². The van der Waals surface area contributed by atoms with E-state index in [1.54, 1.807) is 0 Å². The van der Waals surface area contributed by atoms with E-state index in [1.165, 1.54) is 11.5 Å². The summed E-state index contributed by atoms with van der Waals surface area (Å²) in [7, 11) is 0. The monoisotopic (exact) mass is 155 g/mol. The predicted molar refractivity (Wildman–Crippen MR) is 37.5 cm³/mol. The molecule has 1 saturated heterocycles. The number of aromatic nitrogens is 2. The van der Waals surface area contributed by atoms with E-state index in [4.69, 9.17) is 0 Å². The second-order valence-electron chi connectivity index (χ2n) is 2.09. The van der Waals surface area contributed by atoms with E-state index in [0.717, 1.165) is 18.0 Å². The minimum atomic E-state index is 0.236. The quantitative estimate of drug-likeness (QED) is 0.575. The van der Waals surface area contributed by atoms with Crippen LogP contribution in [0.25, 0.3) is 0 Å². The molecule has 0 amide bonds. The third-order valence-corrected chi connectivity index (χ3v) is 2.11. The average molecular weight is 155 g/mol. The van der Waals surface area contributed by atoms with Crippen molar-refractivity contribution in [3.63, 3.8) is 0 Å². The van der Waals surface area contributed by atoms with Gasteiger partial charge in [0.15, 0.2) is 0 Å². The first-order valence-corrected chi connectivity index (χ1v) is 3.91. The van der Waals surface area contributed by atoms with Crippen molar-refractivity contribution in [2.75, 3.05) is 13.1 Å². The van der Waals surface area contributed by atoms with Crippen LogP contribution in [0.1, 0.15) is 11.0 Å².